The number of cyclic esters (lactones) is 1. The molecule has 23 heavy (non-hydrogen) atoms. The van der Waals surface area contributed by atoms with Crippen molar-refractivity contribution in [1.29, 1.82) is 0 Å². The number of aliphatic hydroxyl groups excluding tert-OH is 1. The van der Waals surface area contributed by atoms with Gasteiger partial charge in [0.1, 0.15) is 6.10 Å². The maximum atomic E-state index is 11.3. The standard InChI is InChI=1S/C19H22O4/c20-15-11-17(10-9-14-5-2-1-3-6-14)22-18(12-15)13-16-7-4-8-19(21)23-16/h1-6,8-10,15-18,20H,7,11-13H2/b10-9+/t15-,16+,17-,18+/m1/s1. The summed E-state index contributed by atoms with van der Waals surface area (Å²) in [6, 6.07) is 10.0. The maximum Gasteiger partial charge on any atom is 0.330 e. The van der Waals surface area contributed by atoms with Crippen LogP contribution in [0.25, 0.3) is 6.08 Å². The number of esters is 1. The quantitative estimate of drug-likeness (QED) is 0.868. The first-order chi connectivity index (χ1) is 11.2. The largest absolute Gasteiger partial charge is 0.459 e. The molecule has 0 unspecified atom stereocenters. The lowest BCUT2D eigenvalue weighted by molar-refractivity contribution is -0.148. The number of hydrogen-bond acceptors (Lipinski definition) is 4. The summed E-state index contributed by atoms with van der Waals surface area (Å²) in [7, 11) is 0. The highest BCUT2D eigenvalue weighted by Crippen LogP contribution is 2.26. The lowest BCUT2D eigenvalue weighted by atomic mass is 9.95. The van der Waals surface area contributed by atoms with Gasteiger partial charge in [0.25, 0.3) is 0 Å². The second kappa shape index (κ2) is 7.57. The van der Waals surface area contributed by atoms with Crippen molar-refractivity contribution < 1.29 is 19.4 Å². The molecule has 2 aliphatic rings. The minimum atomic E-state index is -0.381. The van der Waals surface area contributed by atoms with E-state index < -0.39 is 0 Å². The number of aliphatic hydroxyl groups is 1. The summed E-state index contributed by atoms with van der Waals surface area (Å²) in [4.78, 5) is 11.3. The fourth-order valence-electron chi connectivity index (χ4n) is 3.09. The summed E-state index contributed by atoms with van der Waals surface area (Å²) in [6.07, 6.45) is 9.11. The van der Waals surface area contributed by atoms with Crippen LogP contribution in [0.15, 0.2) is 48.6 Å². The third-order valence-electron chi connectivity index (χ3n) is 4.17. The Kier molecular flexibility index (Phi) is 5.26. The van der Waals surface area contributed by atoms with Crippen molar-refractivity contribution in [1.82, 2.24) is 0 Å². The van der Waals surface area contributed by atoms with Crippen molar-refractivity contribution in [3.63, 3.8) is 0 Å². The van der Waals surface area contributed by atoms with Crippen LogP contribution >= 0.6 is 0 Å². The van der Waals surface area contributed by atoms with Gasteiger partial charge in [-0.25, -0.2) is 4.79 Å². The maximum absolute atomic E-state index is 11.3. The van der Waals surface area contributed by atoms with Gasteiger partial charge in [-0.3, -0.25) is 0 Å². The second-order valence-electron chi connectivity index (χ2n) is 6.12. The number of carbonyl (C=O) groups is 1. The molecule has 4 heteroatoms. The summed E-state index contributed by atoms with van der Waals surface area (Å²) in [5.41, 5.74) is 1.11. The zero-order valence-electron chi connectivity index (χ0n) is 13.0. The molecule has 1 fully saturated rings. The van der Waals surface area contributed by atoms with Crippen LogP contribution in [0, 0.1) is 0 Å². The lowest BCUT2D eigenvalue weighted by Crippen LogP contribution is -2.37. The summed E-state index contributed by atoms with van der Waals surface area (Å²) in [6.45, 7) is 0. The number of rotatable bonds is 4. The Bertz CT molecular complexity index is 578. The van der Waals surface area contributed by atoms with Crippen molar-refractivity contribution in [2.24, 2.45) is 0 Å². The molecule has 4 nitrogen and oxygen atoms in total. The molecule has 0 saturated carbocycles. The summed E-state index contributed by atoms with van der Waals surface area (Å²) >= 11 is 0. The van der Waals surface area contributed by atoms with Crippen LogP contribution < -0.4 is 0 Å². The fraction of sp³-hybridized carbons (Fsp3) is 0.421. The van der Waals surface area contributed by atoms with Gasteiger partial charge >= 0.3 is 5.97 Å². The van der Waals surface area contributed by atoms with E-state index in [4.69, 9.17) is 9.47 Å². The van der Waals surface area contributed by atoms with Gasteiger partial charge in [-0.1, -0.05) is 48.6 Å². The number of hydrogen-bond donors (Lipinski definition) is 1. The van der Waals surface area contributed by atoms with Crippen LogP contribution in [0.2, 0.25) is 0 Å². The minimum absolute atomic E-state index is 0.0894. The molecule has 0 bridgehead atoms. The number of carbonyl (C=O) groups excluding carboxylic acids is 1. The SMILES string of the molecule is O=C1C=CC[C@@H](C[C@@H]2C[C@H](O)C[C@@H](/C=C/c3ccccc3)O2)O1. The first kappa shape index (κ1) is 16.0. The predicted octanol–water partition coefficient (Wildman–Crippen LogP) is 2.87. The van der Waals surface area contributed by atoms with Crippen LogP contribution in [0.3, 0.4) is 0 Å². The van der Waals surface area contributed by atoms with Gasteiger partial charge in [0.05, 0.1) is 18.3 Å². The topological polar surface area (TPSA) is 55.8 Å². The molecule has 0 radical (unpaired) electrons. The van der Waals surface area contributed by atoms with Crippen LogP contribution in [0.5, 0.6) is 0 Å². The Labute approximate surface area is 136 Å². The average molecular weight is 314 g/mol. The molecule has 1 aromatic carbocycles. The highest BCUT2D eigenvalue weighted by atomic mass is 16.5. The monoisotopic (exact) mass is 314 g/mol. The molecule has 2 heterocycles. The van der Waals surface area contributed by atoms with Gasteiger partial charge in [0.2, 0.25) is 0 Å². The van der Waals surface area contributed by atoms with Crippen molar-refractivity contribution in [2.45, 2.75) is 50.1 Å². The number of benzene rings is 1. The highest BCUT2D eigenvalue weighted by molar-refractivity contribution is 5.82. The molecule has 122 valence electrons. The van der Waals surface area contributed by atoms with Gasteiger partial charge in [0, 0.05) is 25.3 Å². The van der Waals surface area contributed by atoms with E-state index in [2.05, 4.69) is 0 Å². The summed E-state index contributed by atoms with van der Waals surface area (Å²) in [5.74, 6) is -0.293. The van der Waals surface area contributed by atoms with Gasteiger partial charge in [-0.05, 0) is 12.0 Å². The molecule has 1 aromatic rings. The normalized spacial score (nSPS) is 31.3. The third kappa shape index (κ3) is 4.78. The molecule has 2 aliphatic heterocycles. The van der Waals surface area contributed by atoms with Crippen molar-refractivity contribution >= 4 is 12.0 Å². The van der Waals surface area contributed by atoms with Gasteiger partial charge in [-0.2, -0.15) is 0 Å². The third-order valence-corrected chi connectivity index (χ3v) is 4.17. The molecule has 0 amide bonds. The van der Waals surface area contributed by atoms with Crippen LogP contribution in [0.1, 0.15) is 31.2 Å². The average Bonchev–Trinajstić information content (AvgIpc) is 2.53. The van der Waals surface area contributed by atoms with E-state index in [9.17, 15) is 9.90 Å². The van der Waals surface area contributed by atoms with E-state index in [1.165, 1.54) is 6.08 Å². The fourth-order valence-corrected chi connectivity index (χ4v) is 3.09. The Balaban J connectivity index is 1.57. The predicted molar refractivity (Wildman–Crippen MR) is 87.6 cm³/mol. The van der Waals surface area contributed by atoms with E-state index in [1.54, 1.807) is 0 Å². The Morgan fingerprint density at radius 3 is 2.78 bits per heavy atom. The zero-order chi connectivity index (χ0) is 16.1. The molecule has 0 aliphatic carbocycles. The van der Waals surface area contributed by atoms with E-state index in [1.807, 2.05) is 48.6 Å². The molecule has 1 saturated heterocycles. The highest BCUT2D eigenvalue weighted by Gasteiger charge is 2.30. The van der Waals surface area contributed by atoms with Crippen molar-refractivity contribution in [2.75, 3.05) is 0 Å². The second-order valence-corrected chi connectivity index (χ2v) is 6.12. The van der Waals surface area contributed by atoms with Gasteiger partial charge in [0.15, 0.2) is 0 Å². The van der Waals surface area contributed by atoms with Gasteiger partial charge < -0.3 is 14.6 Å². The van der Waals surface area contributed by atoms with Crippen LogP contribution in [0.4, 0.5) is 0 Å². The van der Waals surface area contributed by atoms with Gasteiger partial charge in [-0.15, -0.1) is 0 Å². The van der Waals surface area contributed by atoms with E-state index >= 15 is 0 Å². The minimum Gasteiger partial charge on any atom is -0.459 e. The Morgan fingerprint density at radius 1 is 1.17 bits per heavy atom. The van der Waals surface area contributed by atoms with Crippen molar-refractivity contribution in [3.05, 3.63) is 54.1 Å². The molecular formula is C19H22O4. The van der Waals surface area contributed by atoms with E-state index in [0.29, 0.717) is 25.7 Å². The van der Waals surface area contributed by atoms with E-state index in [-0.39, 0.29) is 30.4 Å². The smallest absolute Gasteiger partial charge is 0.330 e. The van der Waals surface area contributed by atoms with Crippen molar-refractivity contribution in [3.8, 4) is 0 Å². The molecule has 1 N–H and O–H groups in total. The first-order valence-electron chi connectivity index (χ1n) is 8.13. The molecule has 0 aromatic heterocycles. The molecule has 3 rings (SSSR count). The summed E-state index contributed by atoms with van der Waals surface area (Å²) in [5, 5.41) is 10.1. The first-order valence-corrected chi connectivity index (χ1v) is 8.13. The summed E-state index contributed by atoms with van der Waals surface area (Å²) < 4.78 is 11.3. The number of ether oxygens (including phenoxy) is 2. The zero-order valence-corrected chi connectivity index (χ0v) is 13.0. The van der Waals surface area contributed by atoms with Crippen LogP contribution in [-0.4, -0.2) is 35.5 Å². The molecule has 4 atom stereocenters. The van der Waals surface area contributed by atoms with Crippen LogP contribution in [-0.2, 0) is 14.3 Å². The molecule has 0 spiro atoms. The lowest BCUT2D eigenvalue weighted by Gasteiger charge is -2.33. The Morgan fingerprint density at radius 2 is 2.00 bits per heavy atom. The molecular weight excluding hydrogens is 292 g/mol. The van der Waals surface area contributed by atoms with E-state index in [0.717, 1.165) is 5.56 Å². The Hall–Kier alpha value is -1.91.